The molecule has 2 rings (SSSR count). The summed E-state index contributed by atoms with van der Waals surface area (Å²) in [6, 6.07) is 3.17. The molecule has 1 aliphatic carbocycles. The second-order valence-corrected chi connectivity index (χ2v) is 5.24. The van der Waals surface area contributed by atoms with Crippen LogP contribution in [0.2, 0.25) is 10.2 Å². The molecule has 1 aliphatic rings. The molecule has 1 heterocycles. The maximum absolute atomic E-state index is 12.1. The Hall–Kier alpha value is -0.800. The molecule has 1 fully saturated rings. The highest BCUT2D eigenvalue weighted by atomic mass is 35.5. The normalized spacial score (nSPS) is 15.5. The van der Waals surface area contributed by atoms with Crippen LogP contribution < -0.4 is 0 Å². The third kappa shape index (κ3) is 2.90. The lowest BCUT2D eigenvalue weighted by Crippen LogP contribution is -2.34. The van der Waals surface area contributed by atoms with Gasteiger partial charge in [0.25, 0.3) is 5.91 Å². The zero-order valence-corrected chi connectivity index (χ0v) is 11.1. The highest BCUT2D eigenvalue weighted by Gasteiger charge is 2.23. The van der Waals surface area contributed by atoms with E-state index in [1.165, 1.54) is 19.3 Å². The first-order valence-electron chi connectivity index (χ1n) is 5.65. The Labute approximate surface area is 111 Å². The predicted octanol–water partition coefficient (Wildman–Crippen LogP) is 3.26. The van der Waals surface area contributed by atoms with Crippen LogP contribution in [0.5, 0.6) is 0 Å². The van der Waals surface area contributed by atoms with Gasteiger partial charge in [0.2, 0.25) is 0 Å². The van der Waals surface area contributed by atoms with E-state index < -0.39 is 0 Å². The first-order valence-corrected chi connectivity index (χ1v) is 6.41. The van der Waals surface area contributed by atoms with Crippen LogP contribution in [0.1, 0.15) is 29.8 Å². The molecule has 0 aromatic carbocycles. The largest absolute Gasteiger partial charge is 0.340 e. The summed E-state index contributed by atoms with van der Waals surface area (Å²) >= 11 is 11.7. The van der Waals surface area contributed by atoms with Crippen LogP contribution in [-0.4, -0.2) is 29.4 Å². The molecule has 1 aromatic heterocycles. The minimum absolute atomic E-state index is 0.163. The summed E-state index contributed by atoms with van der Waals surface area (Å²) in [5, 5.41) is 0.634. The van der Waals surface area contributed by atoms with Gasteiger partial charge in [-0.05, 0) is 30.9 Å². The van der Waals surface area contributed by atoms with E-state index in [9.17, 15) is 4.79 Å². The minimum atomic E-state index is -0.163. The molecular weight excluding hydrogens is 259 g/mol. The summed E-state index contributed by atoms with van der Waals surface area (Å²) in [4.78, 5) is 17.8. The van der Waals surface area contributed by atoms with Crippen LogP contribution in [-0.2, 0) is 0 Å². The number of halogens is 2. The molecule has 0 saturated heterocycles. The average Bonchev–Trinajstić information content (AvgIpc) is 2.25. The first-order chi connectivity index (χ1) is 8.08. The summed E-state index contributed by atoms with van der Waals surface area (Å²) in [6.07, 6.45) is 3.67. The van der Waals surface area contributed by atoms with Crippen molar-refractivity contribution in [3.8, 4) is 0 Å². The standard InChI is InChI=1S/C12H14Cl2N2O/c1-16(7-8-3-2-4-8)12(17)11-9(13)5-6-10(14)15-11/h5-6,8H,2-4,7H2,1H3. The van der Waals surface area contributed by atoms with Crippen molar-refractivity contribution in [2.45, 2.75) is 19.3 Å². The zero-order chi connectivity index (χ0) is 12.4. The van der Waals surface area contributed by atoms with Crippen LogP contribution in [0, 0.1) is 5.92 Å². The quantitative estimate of drug-likeness (QED) is 0.792. The maximum Gasteiger partial charge on any atom is 0.273 e. The number of aromatic nitrogens is 1. The molecule has 0 spiro atoms. The Morgan fingerprint density at radius 3 is 2.76 bits per heavy atom. The summed E-state index contributed by atoms with van der Waals surface area (Å²) in [5.74, 6) is 0.464. The number of pyridine rings is 1. The van der Waals surface area contributed by atoms with Gasteiger partial charge in [0.1, 0.15) is 10.8 Å². The van der Waals surface area contributed by atoms with E-state index in [2.05, 4.69) is 4.98 Å². The molecule has 3 nitrogen and oxygen atoms in total. The number of nitrogens with zero attached hydrogens (tertiary/aromatic N) is 2. The third-order valence-corrected chi connectivity index (χ3v) is 3.63. The zero-order valence-electron chi connectivity index (χ0n) is 9.62. The number of hydrogen-bond acceptors (Lipinski definition) is 2. The average molecular weight is 273 g/mol. The molecule has 0 atom stereocenters. The number of carbonyl (C=O) groups excluding carboxylic acids is 1. The van der Waals surface area contributed by atoms with Gasteiger partial charge in [-0.2, -0.15) is 0 Å². The van der Waals surface area contributed by atoms with Crippen LogP contribution >= 0.6 is 23.2 Å². The van der Waals surface area contributed by atoms with Crippen molar-refractivity contribution in [3.63, 3.8) is 0 Å². The summed E-state index contributed by atoms with van der Waals surface area (Å²) in [7, 11) is 1.78. The van der Waals surface area contributed by atoms with Crippen molar-refractivity contribution in [2.24, 2.45) is 5.92 Å². The molecular formula is C12H14Cl2N2O. The molecule has 1 aromatic rings. The van der Waals surface area contributed by atoms with Crippen molar-refractivity contribution >= 4 is 29.1 Å². The number of carbonyl (C=O) groups is 1. The van der Waals surface area contributed by atoms with Crippen LogP contribution in [0.4, 0.5) is 0 Å². The molecule has 0 aliphatic heterocycles. The van der Waals surface area contributed by atoms with E-state index in [0.717, 1.165) is 6.54 Å². The van der Waals surface area contributed by atoms with Gasteiger partial charge in [-0.1, -0.05) is 29.6 Å². The lowest BCUT2D eigenvalue weighted by Gasteiger charge is -2.30. The Bertz CT molecular complexity index is 433. The lowest BCUT2D eigenvalue weighted by molar-refractivity contribution is 0.0739. The summed E-state index contributed by atoms with van der Waals surface area (Å²) < 4.78 is 0. The molecule has 1 amide bonds. The third-order valence-electron chi connectivity index (χ3n) is 3.12. The van der Waals surface area contributed by atoms with E-state index in [1.54, 1.807) is 24.1 Å². The van der Waals surface area contributed by atoms with Crippen molar-refractivity contribution < 1.29 is 4.79 Å². The molecule has 5 heteroatoms. The highest BCUT2D eigenvalue weighted by molar-refractivity contribution is 6.34. The lowest BCUT2D eigenvalue weighted by atomic mass is 9.85. The number of amides is 1. The Morgan fingerprint density at radius 1 is 1.47 bits per heavy atom. The van der Waals surface area contributed by atoms with E-state index in [1.807, 2.05) is 0 Å². The second kappa shape index (κ2) is 5.23. The monoisotopic (exact) mass is 272 g/mol. The van der Waals surface area contributed by atoms with Gasteiger partial charge in [-0.3, -0.25) is 4.79 Å². The molecule has 1 saturated carbocycles. The van der Waals surface area contributed by atoms with Crippen molar-refractivity contribution in [3.05, 3.63) is 28.0 Å². The van der Waals surface area contributed by atoms with Gasteiger partial charge in [-0.15, -0.1) is 0 Å². The predicted molar refractivity (Wildman–Crippen MR) is 68.6 cm³/mol. The van der Waals surface area contributed by atoms with E-state index in [0.29, 0.717) is 10.9 Å². The van der Waals surface area contributed by atoms with Gasteiger partial charge >= 0.3 is 0 Å². The van der Waals surface area contributed by atoms with Crippen molar-refractivity contribution in [1.29, 1.82) is 0 Å². The fraction of sp³-hybridized carbons (Fsp3) is 0.500. The number of hydrogen-bond donors (Lipinski definition) is 0. The molecule has 17 heavy (non-hydrogen) atoms. The van der Waals surface area contributed by atoms with E-state index >= 15 is 0 Å². The minimum Gasteiger partial charge on any atom is -0.340 e. The molecule has 0 N–H and O–H groups in total. The van der Waals surface area contributed by atoms with E-state index in [-0.39, 0.29) is 16.8 Å². The molecule has 92 valence electrons. The molecule has 0 unspecified atom stereocenters. The van der Waals surface area contributed by atoms with Gasteiger partial charge in [0, 0.05) is 13.6 Å². The Morgan fingerprint density at radius 2 is 2.18 bits per heavy atom. The van der Waals surface area contributed by atoms with Gasteiger partial charge in [0.05, 0.1) is 5.02 Å². The van der Waals surface area contributed by atoms with Crippen LogP contribution in [0.3, 0.4) is 0 Å². The van der Waals surface area contributed by atoms with Crippen molar-refractivity contribution in [1.82, 2.24) is 9.88 Å². The fourth-order valence-corrected chi connectivity index (χ4v) is 2.23. The first kappa shape index (κ1) is 12.7. The van der Waals surface area contributed by atoms with Crippen molar-refractivity contribution in [2.75, 3.05) is 13.6 Å². The van der Waals surface area contributed by atoms with Gasteiger partial charge < -0.3 is 4.90 Å². The maximum atomic E-state index is 12.1. The highest BCUT2D eigenvalue weighted by Crippen LogP contribution is 2.27. The Balaban J connectivity index is 2.09. The SMILES string of the molecule is CN(CC1CCC1)C(=O)c1nc(Cl)ccc1Cl. The fourth-order valence-electron chi connectivity index (χ4n) is 1.89. The van der Waals surface area contributed by atoms with E-state index in [4.69, 9.17) is 23.2 Å². The Kier molecular flexibility index (Phi) is 3.89. The molecule has 0 bridgehead atoms. The smallest absolute Gasteiger partial charge is 0.273 e. The summed E-state index contributed by atoms with van der Waals surface area (Å²) in [6.45, 7) is 0.767. The topological polar surface area (TPSA) is 33.2 Å². The second-order valence-electron chi connectivity index (χ2n) is 4.45. The van der Waals surface area contributed by atoms with Crippen LogP contribution in [0.25, 0.3) is 0 Å². The van der Waals surface area contributed by atoms with Gasteiger partial charge in [-0.25, -0.2) is 4.98 Å². The van der Waals surface area contributed by atoms with Crippen LogP contribution in [0.15, 0.2) is 12.1 Å². The number of rotatable bonds is 3. The summed E-state index contributed by atoms with van der Waals surface area (Å²) in [5.41, 5.74) is 0.237. The van der Waals surface area contributed by atoms with Gasteiger partial charge in [0.15, 0.2) is 0 Å². The molecule has 0 radical (unpaired) electrons.